The first-order valence-electron chi connectivity index (χ1n) is 11.1. The van der Waals surface area contributed by atoms with Crippen LogP contribution in [0.4, 0.5) is 5.69 Å². The Kier molecular flexibility index (Phi) is 6.99. The Morgan fingerprint density at radius 2 is 1.84 bits per heavy atom. The van der Waals surface area contributed by atoms with Crippen molar-refractivity contribution in [2.75, 3.05) is 17.3 Å². The van der Waals surface area contributed by atoms with Gasteiger partial charge in [-0.25, -0.2) is 4.68 Å². The summed E-state index contributed by atoms with van der Waals surface area (Å²) in [5.41, 5.74) is 6.58. The molecule has 2 aromatic carbocycles. The highest BCUT2D eigenvalue weighted by atomic mass is 32.2. The van der Waals surface area contributed by atoms with Crippen molar-refractivity contribution < 1.29 is 9.53 Å². The molecule has 2 atom stereocenters. The molecule has 0 unspecified atom stereocenters. The fourth-order valence-electron chi connectivity index (χ4n) is 3.71. The number of benzene rings is 2. The van der Waals surface area contributed by atoms with Crippen molar-refractivity contribution in [3.63, 3.8) is 0 Å². The number of hydrogen-bond donors (Lipinski definition) is 2. The van der Waals surface area contributed by atoms with Crippen molar-refractivity contribution in [1.82, 2.24) is 14.9 Å². The van der Waals surface area contributed by atoms with Gasteiger partial charge >= 0.3 is 0 Å². The van der Waals surface area contributed by atoms with Crippen LogP contribution in [0, 0.1) is 0 Å². The number of nitrogens with zero attached hydrogens (tertiary/aromatic N) is 3. The second-order valence-electron chi connectivity index (χ2n) is 7.67. The van der Waals surface area contributed by atoms with E-state index in [2.05, 4.69) is 59.1 Å². The summed E-state index contributed by atoms with van der Waals surface area (Å²) in [6, 6.07) is 15.7. The average Bonchev–Trinajstić information content (AvgIpc) is 3.22. The fraction of sp³-hybridized carbons (Fsp3) is 0.375. The lowest BCUT2D eigenvalue weighted by Gasteiger charge is -2.33. The number of nitrogens with one attached hydrogen (secondary N) is 2. The topological polar surface area (TPSA) is 81.1 Å². The molecule has 2 N–H and O–H groups in total. The summed E-state index contributed by atoms with van der Waals surface area (Å²) in [7, 11) is 0. The number of thioether (sulfide) groups is 1. The van der Waals surface area contributed by atoms with Crippen LogP contribution in [0.5, 0.6) is 5.75 Å². The summed E-state index contributed by atoms with van der Waals surface area (Å²) in [5, 5.41) is 12.0. The normalized spacial score (nSPS) is 17.3. The molecule has 2 heterocycles. The molecule has 8 heteroatoms. The molecular weight excluding hydrogens is 422 g/mol. The molecule has 0 saturated carbocycles. The molecule has 168 valence electrons. The first-order chi connectivity index (χ1) is 15.6. The van der Waals surface area contributed by atoms with E-state index in [4.69, 9.17) is 4.74 Å². The summed E-state index contributed by atoms with van der Waals surface area (Å²) >= 11 is 1.45. The maximum atomic E-state index is 13.4. The molecule has 1 aliphatic rings. The van der Waals surface area contributed by atoms with Crippen molar-refractivity contribution in [3.05, 3.63) is 65.5 Å². The Morgan fingerprint density at radius 3 is 2.50 bits per heavy atom. The highest BCUT2D eigenvalue weighted by Gasteiger charge is 2.37. The molecule has 4 rings (SSSR count). The lowest BCUT2D eigenvalue weighted by molar-refractivity contribution is -0.116. The van der Waals surface area contributed by atoms with Gasteiger partial charge in [-0.2, -0.15) is 0 Å². The Morgan fingerprint density at radius 1 is 1.09 bits per heavy atom. The van der Waals surface area contributed by atoms with Crippen LogP contribution >= 0.6 is 11.8 Å². The number of ether oxygens (including phenoxy) is 1. The van der Waals surface area contributed by atoms with Gasteiger partial charge in [0.25, 0.3) is 0 Å². The Balaban J connectivity index is 1.60. The van der Waals surface area contributed by atoms with E-state index in [0.717, 1.165) is 42.1 Å². The van der Waals surface area contributed by atoms with Crippen LogP contribution in [-0.4, -0.2) is 32.6 Å². The third kappa shape index (κ3) is 4.75. The van der Waals surface area contributed by atoms with Gasteiger partial charge in [0.1, 0.15) is 11.0 Å². The summed E-state index contributed by atoms with van der Waals surface area (Å²) in [4.78, 5) is 13.4. The first-order valence-corrected chi connectivity index (χ1v) is 12.0. The zero-order valence-corrected chi connectivity index (χ0v) is 19.5. The number of aryl methyl sites for hydroxylation is 2. The van der Waals surface area contributed by atoms with Crippen molar-refractivity contribution >= 4 is 23.4 Å². The predicted molar refractivity (Wildman–Crippen MR) is 128 cm³/mol. The maximum absolute atomic E-state index is 13.4. The minimum atomic E-state index is -0.403. The van der Waals surface area contributed by atoms with Crippen LogP contribution in [-0.2, 0) is 17.6 Å². The van der Waals surface area contributed by atoms with Crippen molar-refractivity contribution in [2.45, 2.75) is 56.5 Å². The number of carbonyl (C=O) groups excluding carboxylic acids is 1. The highest BCUT2D eigenvalue weighted by Crippen LogP contribution is 2.38. The fourth-order valence-corrected chi connectivity index (χ4v) is 4.81. The number of rotatable bonds is 8. The molecule has 0 aliphatic carbocycles. The summed E-state index contributed by atoms with van der Waals surface area (Å²) in [5.74, 6) is 1.59. The Labute approximate surface area is 192 Å². The third-order valence-electron chi connectivity index (χ3n) is 5.42. The number of anilines is 1. The van der Waals surface area contributed by atoms with Gasteiger partial charge in [-0.05, 0) is 55.2 Å². The second kappa shape index (κ2) is 10.1. The van der Waals surface area contributed by atoms with E-state index in [1.54, 1.807) is 0 Å². The number of carbonyl (C=O) groups is 1. The molecule has 32 heavy (non-hydrogen) atoms. The summed E-state index contributed by atoms with van der Waals surface area (Å²) in [6.45, 7) is 6.80. The van der Waals surface area contributed by atoms with E-state index in [1.165, 1.54) is 17.3 Å². The van der Waals surface area contributed by atoms with Crippen molar-refractivity contribution in [3.8, 4) is 5.75 Å². The molecule has 0 spiro atoms. The van der Waals surface area contributed by atoms with E-state index >= 15 is 0 Å². The van der Waals surface area contributed by atoms with E-state index in [1.807, 2.05) is 35.9 Å². The van der Waals surface area contributed by atoms with Crippen LogP contribution in [0.2, 0.25) is 0 Å². The van der Waals surface area contributed by atoms with Crippen LogP contribution < -0.4 is 15.5 Å². The standard InChI is InChI=1S/C24H29N5O2S/c1-4-7-20-26-27-24-29(20)28-21(17-10-8-16(5-2)9-11-17)22(32-24)23(30)25-18-12-14-19(15-13-18)31-6-3/h8-15,21-22,28H,4-7H2,1-3H3,(H,25,30)/t21-,22+/m0/s1. The molecule has 7 nitrogen and oxygen atoms in total. The lowest BCUT2D eigenvalue weighted by atomic mass is 10.0. The van der Waals surface area contributed by atoms with E-state index in [-0.39, 0.29) is 11.9 Å². The smallest absolute Gasteiger partial charge is 0.240 e. The quantitative estimate of drug-likeness (QED) is 0.521. The van der Waals surface area contributed by atoms with Gasteiger partial charge in [0.15, 0.2) is 5.82 Å². The Hall–Kier alpha value is -3.00. The van der Waals surface area contributed by atoms with Gasteiger partial charge in [-0.15, -0.1) is 10.2 Å². The van der Waals surface area contributed by atoms with Crippen LogP contribution in [0.3, 0.4) is 0 Å². The molecular formula is C24H29N5O2S. The van der Waals surface area contributed by atoms with Crippen LogP contribution in [0.1, 0.15) is 50.2 Å². The number of aromatic nitrogens is 3. The SMILES string of the molecule is CCCc1nnc2n1N[C@@H](c1ccc(CC)cc1)[C@H](C(=O)Nc1ccc(OCC)cc1)S2. The predicted octanol–water partition coefficient (Wildman–Crippen LogP) is 4.59. The number of hydrogen-bond acceptors (Lipinski definition) is 6. The first kappa shape index (κ1) is 22.2. The van der Waals surface area contributed by atoms with Gasteiger partial charge in [0, 0.05) is 12.1 Å². The minimum Gasteiger partial charge on any atom is -0.494 e. The van der Waals surface area contributed by atoms with Gasteiger partial charge < -0.3 is 15.5 Å². The summed E-state index contributed by atoms with van der Waals surface area (Å²) in [6.07, 6.45) is 2.78. The zero-order valence-electron chi connectivity index (χ0n) is 18.7. The Bertz CT molecular complexity index is 1050. The monoisotopic (exact) mass is 451 g/mol. The van der Waals surface area contributed by atoms with E-state index < -0.39 is 5.25 Å². The molecule has 1 aromatic heterocycles. The minimum absolute atomic E-state index is 0.0810. The molecule has 0 radical (unpaired) electrons. The third-order valence-corrected chi connectivity index (χ3v) is 6.63. The zero-order chi connectivity index (χ0) is 22.5. The number of fused-ring (bicyclic) bond motifs is 1. The maximum Gasteiger partial charge on any atom is 0.240 e. The second-order valence-corrected chi connectivity index (χ2v) is 8.78. The molecule has 0 bridgehead atoms. The lowest BCUT2D eigenvalue weighted by Crippen LogP contribution is -2.41. The van der Waals surface area contributed by atoms with E-state index in [9.17, 15) is 4.79 Å². The molecule has 0 saturated heterocycles. The van der Waals surface area contributed by atoms with Crippen LogP contribution in [0.25, 0.3) is 0 Å². The summed E-state index contributed by atoms with van der Waals surface area (Å²) < 4.78 is 7.43. The van der Waals surface area contributed by atoms with Crippen molar-refractivity contribution in [1.29, 1.82) is 0 Å². The van der Waals surface area contributed by atoms with Crippen LogP contribution in [0.15, 0.2) is 53.7 Å². The van der Waals surface area contributed by atoms with Gasteiger partial charge in [0.2, 0.25) is 11.1 Å². The molecule has 1 amide bonds. The van der Waals surface area contributed by atoms with Gasteiger partial charge in [0.05, 0.1) is 12.6 Å². The highest BCUT2D eigenvalue weighted by molar-refractivity contribution is 8.00. The largest absolute Gasteiger partial charge is 0.494 e. The van der Waals surface area contributed by atoms with Crippen molar-refractivity contribution in [2.24, 2.45) is 0 Å². The van der Waals surface area contributed by atoms with Gasteiger partial charge in [-0.3, -0.25) is 4.79 Å². The molecule has 3 aromatic rings. The van der Waals surface area contributed by atoms with Gasteiger partial charge in [-0.1, -0.05) is 49.9 Å². The average molecular weight is 452 g/mol. The number of amides is 1. The van der Waals surface area contributed by atoms with E-state index in [0.29, 0.717) is 11.8 Å². The molecule has 1 aliphatic heterocycles. The molecule has 0 fully saturated rings.